The highest BCUT2D eigenvalue weighted by Crippen LogP contribution is 2.29. The minimum Gasteiger partial charge on any atom is -0.445 e. The molecule has 2 aromatic carbocycles. The minimum absolute atomic E-state index is 0.161. The molecule has 7 heteroatoms. The summed E-state index contributed by atoms with van der Waals surface area (Å²) in [5, 5.41) is 2.71. The van der Waals surface area contributed by atoms with Crippen LogP contribution in [0, 0.1) is 5.82 Å². The van der Waals surface area contributed by atoms with Gasteiger partial charge in [-0.15, -0.1) is 0 Å². The first-order valence-corrected chi connectivity index (χ1v) is 9.44. The number of esters is 1. The van der Waals surface area contributed by atoms with Crippen molar-refractivity contribution in [3.8, 4) is 0 Å². The van der Waals surface area contributed by atoms with E-state index in [0.29, 0.717) is 5.56 Å². The molecule has 1 aliphatic rings. The third-order valence-corrected chi connectivity index (χ3v) is 4.94. The molecule has 29 heavy (non-hydrogen) atoms. The van der Waals surface area contributed by atoms with Crippen molar-refractivity contribution >= 4 is 17.8 Å². The normalized spacial score (nSPS) is 17.8. The molecule has 0 radical (unpaired) electrons. The maximum absolute atomic E-state index is 13.1. The van der Waals surface area contributed by atoms with Crippen molar-refractivity contribution in [2.75, 3.05) is 13.1 Å². The number of likely N-dealkylation sites (N-methyl/N-ethyl adjacent to an activating group) is 1. The van der Waals surface area contributed by atoms with E-state index < -0.39 is 17.5 Å². The van der Waals surface area contributed by atoms with Crippen molar-refractivity contribution in [3.63, 3.8) is 0 Å². The highest BCUT2D eigenvalue weighted by Gasteiger charge is 2.44. The van der Waals surface area contributed by atoms with Gasteiger partial charge in [0.2, 0.25) is 5.91 Å². The number of rotatable bonds is 6. The zero-order chi connectivity index (χ0) is 21.0. The topological polar surface area (TPSA) is 75.7 Å². The monoisotopic (exact) mass is 398 g/mol. The molecule has 0 bridgehead atoms. The van der Waals surface area contributed by atoms with Gasteiger partial charge in [-0.3, -0.25) is 9.59 Å². The number of hydrogen-bond donors (Lipinski definition) is 1. The summed E-state index contributed by atoms with van der Waals surface area (Å²) in [4.78, 5) is 39.1. The fourth-order valence-corrected chi connectivity index (χ4v) is 3.35. The third-order valence-electron chi connectivity index (χ3n) is 4.94. The molecule has 0 fully saturated rings. The first-order valence-electron chi connectivity index (χ1n) is 9.44. The number of carbonyl (C=O) groups is 3. The molecule has 1 unspecified atom stereocenters. The van der Waals surface area contributed by atoms with Crippen LogP contribution in [0.1, 0.15) is 35.3 Å². The molecule has 0 aromatic heterocycles. The highest BCUT2D eigenvalue weighted by atomic mass is 19.1. The third kappa shape index (κ3) is 4.62. The molecule has 0 saturated carbocycles. The van der Waals surface area contributed by atoms with E-state index in [1.54, 1.807) is 44.2 Å². The van der Waals surface area contributed by atoms with Gasteiger partial charge in [0.1, 0.15) is 5.82 Å². The molecule has 2 aromatic rings. The Kier molecular flexibility index (Phi) is 5.96. The number of benzene rings is 2. The van der Waals surface area contributed by atoms with Crippen LogP contribution in [-0.2, 0) is 27.3 Å². The smallest absolute Gasteiger partial charge is 0.339 e. The molecule has 152 valence electrons. The van der Waals surface area contributed by atoms with Crippen molar-refractivity contribution in [2.45, 2.75) is 32.4 Å². The van der Waals surface area contributed by atoms with E-state index in [1.807, 2.05) is 6.07 Å². The van der Waals surface area contributed by atoms with Crippen molar-refractivity contribution in [3.05, 3.63) is 71.0 Å². The summed E-state index contributed by atoms with van der Waals surface area (Å²) in [7, 11) is 0. The summed E-state index contributed by atoms with van der Waals surface area (Å²) >= 11 is 0. The molecule has 0 aliphatic carbocycles. The molecular formula is C22H23FN2O4. The van der Waals surface area contributed by atoms with Crippen LogP contribution in [-0.4, -0.2) is 41.4 Å². The Balaban J connectivity index is 1.64. The number of carbonyl (C=O) groups excluding carboxylic acids is 3. The Morgan fingerprint density at radius 2 is 1.86 bits per heavy atom. The minimum atomic E-state index is -1.36. The summed E-state index contributed by atoms with van der Waals surface area (Å²) < 4.78 is 18.4. The molecule has 0 saturated heterocycles. The van der Waals surface area contributed by atoms with Gasteiger partial charge in [-0.2, -0.15) is 0 Å². The molecule has 1 N–H and O–H groups in total. The summed E-state index contributed by atoms with van der Waals surface area (Å²) in [5.74, 6) is -1.66. The van der Waals surface area contributed by atoms with Crippen molar-refractivity contribution < 1.29 is 23.5 Å². The number of ether oxygens (including phenoxy) is 1. The van der Waals surface area contributed by atoms with Crippen LogP contribution in [0.4, 0.5) is 4.39 Å². The van der Waals surface area contributed by atoms with Gasteiger partial charge in [-0.1, -0.05) is 30.3 Å². The average Bonchev–Trinajstić information content (AvgIpc) is 2.71. The lowest BCUT2D eigenvalue weighted by molar-refractivity contribution is -0.152. The van der Waals surface area contributed by atoms with Gasteiger partial charge in [0, 0.05) is 19.5 Å². The summed E-state index contributed by atoms with van der Waals surface area (Å²) in [6.07, 6.45) is 0.251. The van der Waals surface area contributed by atoms with E-state index in [4.69, 9.17) is 4.74 Å². The Labute approximate surface area is 168 Å². The second-order valence-corrected chi connectivity index (χ2v) is 7.18. The maximum Gasteiger partial charge on any atom is 0.339 e. The number of nitrogens with one attached hydrogen (secondary N) is 1. The largest absolute Gasteiger partial charge is 0.445 e. The van der Waals surface area contributed by atoms with Gasteiger partial charge in [0.15, 0.2) is 5.60 Å². The van der Waals surface area contributed by atoms with Crippen molar-refractivity contribution in [1.29, 1.82) is 0 Å². The van der Waals surface area contributed by atoms with Crippen LogP contribution in [0.5, 0.6) is 0 Å². The van der Waals surface area contributed by atoms with Gasteiger partial charge < -0.3 is 15.0 Å². The summed E-state index contributed by atoms with van der Waals surface area (Å²) in [6.45, 7) is 3.68. The zero-order valence-corrected chi connectivity index (χ0v) is 16.4. The number of hydrogen-bond acceptors (Lipinski definition) is 4. The number of halogens is 1. The first kappa shape index (κ1) is 20.5. The second kappa shape index (κ2) is 8.43. The lowest BCUT2D eigenvalue weighted by Gasteiger charge is -2.36. The van der Waals surface area contributed by atoms with E-state index in [9.17, 15) is 18.8 Å². The van der Waals surface area contributed by atoms with E-state index >= 15 is 0 Å². The number of cyclic esters (lactones) is 1. The number of fused-ring (bicyclic) bond motifs is 1. The quantitative estimate of drug-likeness (QED) is 0.759. The first-order chi connectivity index (χ1) is 13.8. The van der Waals surface area contributed by atoms with Crippen LogP contribution in [0.2, 0.25) is 0 Å². The predicted molar refractivity (Wildman–Crippen MR) is 104 cm³/mol. The molecule has 1 atom stereocenters. The van der Waals surface area contributed by atoms with Crippen LogP contribution >= 0.6 is 0 Å². The standard InChI is InChI=1S/C22H23FN2O4/c1-3-25(14-19(26)24-13-15-8-10-17(23)11-9-15)21(28)22(2)12-16-6-4-5-7-18(16)20(27)29-22/h4-11H,3,12-14H2,1-2H3,(H,24,26). The molecule has 1 aliphatic heterocycles. The van der Waals surface area contributed by atoms with Gasteiger partial charge >= 0.3 is 5.97 Å². The van der Waals surface area contributed by atoms with Crippen LogP contribution in [0.25, 0.3) is 0 Å². The Bertz CT molecular complexity index is 929. The molecule has 0 spiro atoms. The van der Waals surface area contributed by atoms with E-state index in [1.165, 1.54) is 17.0 Å². The summed E-state index contributed by atoms with van der Waals surface area (Å²) in [5.41, 5.74) is 0.590. The van der Waals surface area contributed by atoms with Gasteiger partial charge in [0.25, 0.3) is 5.91 Å². The summed E-state index contributed by atoms with van der Waals surface area (Å²) in [6, 6.07) is 12.8. The van der Waals surface area contributed by atoms with Crippen molar-refractivity contribution in [1.82, 2.24) is 10.2 Å². The average molecular weight is 398 g/mol. The predicted octanol–water partition coefficient (Wildman–Crippen LogP) is 2.46. The maximum atomic E-state index is 13.1. The SMILES string of the molecule is CCN(CC(=O)NCc1ccc(F)cc1)C(=O)C1(C)Cc2ccccc2C(=O)O1. The fourth-order valence-electron chi connectivity index (χ4n) is 3.35. The lowest BCUT2D eigenvalue weighted by Crippen LogP contribution is -2.55. The number of amides is 2. The molecule has 3 rings (SSSR count). The molecule has 1 heterocycles. The van der Waals surface area contributed by atoms with E-state index in [0.717, 1.165) is 11.1 Å². The van der Waals surface area contributed by atoms with Crippen LogP contribution < -0.4 is 5.32 Å². The molecule has 2 amide bonds. The van der Waals surface area contributed by atoms with Gasteiger partial charge in [-0.05, 0) is 43.2 Å². The van der Waals surface area contributed by atoms with Crippen LogP contribution in [0.15, 0.2) is 48.5 Å². The van der Waals surface area contributed by atoms with Gasteiger partial charge in [-0.25, -0.2) is 9.18 Å². The molecule has 6 nitrogen and oxygen atoms in total. The lowest BCUT2D eigenvalue weighted by atomic mass is 9.89. The number of nitrogens with zero attached hydrogens (tertiary/aromatic N) is 1. The Hall–Kier alpha value is -3.22. The van der Waals surface area contributed by atoms with Crippen LogP contribution in [0.3, 0.4) is 0 Å². The second-order valence-electron chi connectivity index (χ2n) is 7.18. The fraction of sp³-hybridized carbons (Fsp3) is 0.318. The zero-order valence-electron chi connectivity index (χ0n) is 16.4. The van der Waals surface area contributed by atoms with E-state index in [2.05, 4.69) is 5.32 Å². The Morgan fingerprint density at radius 3 is 2.55 bits per heavy atom. The van der Waals surface area contributed by atoms with Gasteiger partial charge in [0.05, 0.1) is 12.1 Å². The molecular weight excluding hydrogens is 375 g/mol. The highest BCUT2D eigenvalue weighted by molar-refractivity contribution is 5.98. The Morgan fingerprint density at radius 1 is 1.17 bits per heavy atom. The van der Waals surface area contributed by atoms with E-state index in [-0.39, 0.29) is 37.8 Å². The van der Waals surface area contributed by atoms with Crippen molar-refractivity contribution in [2.24, 2.45) is 0 Å².